The number of piperidine rings is 2. The molecule has 0 bridgehead atoms. The van der Waals surface area contributed by atoms with Gasteiger partial charge in [0, 0.05) is 39.3 Å². The van der Waals surface area contributed by atoms with Crippen LogP contribution in [0.25, 0.3) is 20.4 Å². The number of thiazole rings is 2. The number of fused-ring (bicyclic) bond motifs is 2. The smallest absolute Gasteiger partial charge is 0.394 e. The molecule has 4 aromatic heterocycles. The van der Waals surface area contributed by atoms with E-state index in [0.29, 0.717) is 59.6 Å². The van der Waals surface area contributed by atoms with Gasteiger partial charge < -0.3 is 46.9 Å². The highest BCUT2D eigenvalue weighted by atomic mass is 32.1. The van der Waals surface area contributed by atoms with Gasteiger partial charge in [-0.3, -0.25) is 14.4 Å². The number of likely N-dealkylation sites (tertiary alicyclic amines) is 1. The van der Waals surface area contributed by atoms with Crippen molar-refractivity contribution in [2.75, 3.05) is 49.4 Å². The summed E-state index contributed by atoms with van der Waals surface area (Å²) in [5.41, 5.74) is 21.3. The molecule has 3 amide bonds. The van der Waals surface area contributed by atoms with E-state index in [1.165, 1.54) is 22.7 Å². The number of nitrogens with two attached hydrogens (primary N) is 2. The van der Waals surface area contributed by atoms with E-state index in [-0.39, 0.29) is 18.1 Å². The van der Waals surface area contributed by atoms with E-state index in [9.17, 15) is 19.2 Å². The summed E-state index contributed by atoms with van der Waals surface area (Å²) in [6.45, 7) is 9.20. The number of aromatic nitrogens is 4. The lowest BCUT2D eigenvalue weighted by atomic mass is 9.87. The zero-order valence-electron chi connectivity index (χ0n) is 35.8. The van der Waals surface area contributed by atoms with Gasteiger partial charge in [0.15, 0.2) is 0 Å². The van der Waals surface area contributed by atoms with Crippen molar-refractivity contribution in [3.05, 3.63) is 94.2 Å². The predicted octanol–water partition coefficient (Wildman–Crippen LogP) is 6.12. The normalized spacial score (nSPS) is 20.8. The largest absolute Gasteiger partial charge is 0.474 e. The van der Waals surface area contributed by atoms with E-state index in [1.54, 1.807) is 66.2 Å². The van der Waals surface area contributed by atoms with Crippen molar-refractivity contribution in [2.24, 2.45) is 11.8 Å². The molecular weight excluding hydrogens is 845 g/mol. The lowest BCUT2D eigenvalue weighted by Crippen LogP contribution is -2.50. The van der Waals surface area contributed by atoms with Gasteiger partial charge in [-0.15, -0.1) is 22.7 Å². The molecule has 8 rings (SSSR count). The maximum absolute atomic E-state index is 13.2. The molecule has 2 aromatic carbocycles. The summed E-state index contributed by atoms with van der Waals surface area (Å²) in [5, 5.41) is 16.7. The molecule has 8 N–H and O–H groups in total. The fourth-order valence-corrected chi connectivity index (χ4v) is 8.89. The third-order valence-corrected chi connectivity index (χ3v) is 12.9. The van der Waals surface area contributed by atoms with Crippen molar-refractivity contribution in [2.45, 2.75) is 64.8 Å². The zero-order valence-corrected chi connectivity index (χ0v) is 37.5. The monoisotopic (exact) mass is 896 g/mol. The number of hydrogen-bond acceptors (Lipinski definition) is 15. The van der Waals surface area contributed by atoms with Crippen molar-refractivity contribution in [1.82, 2.24) is 30.2 Å². The van der Waals surface area contributed by atoms with Gasteiger partial charge in [0.25, 0.3) is 0 Å². The SMILES string of the molecule is COC1C[C@@H](c2ccc3scnc3c2)N(C(=O)C(=O)Nc2cnc(N)c(C)c2)C[C@@H]1C.COC1C[C@@H](c2ccc3scnc3c2)NC[C@@H]1C.Cc1cc(NC(=O)C(=O)O)cnc1N. The van der Waals surface area contributed by atoms with Gasteiger partial charge in [-0.05, 0) is 91.3 Å². The highest BCUT2D eigenvalue weighted by Gasteiger charge is 2.39. The average Bonchev–Trinajstić information content (AvgIpc) is 3.96. The van der Waals surface area contributed by atoms with E-state index in [4.69, 9.17) is 26.0 Å². The molecule has 2 fully saturated rings. The van der Waals surface area contributed by atoms with Crippen LogP contribution in [-0.2, 0) is 28.7 Å². The minimum atomic E-state index is -1.54. The third-order valence-electron chi connectivity index (χ3n) is 11.2. The minimum Gasteiger partial charge on any atom is -0.474 e. The number of pyridine rings is 2. The molecule has 19 heteroatoms. The van der Waals surface area contributed by atoms with Crippen LogP contribution in [0.15, 0.2) is 71.9 Å². The highest BCUT2D eigenvalue weighted by molar-refractivity contribution is 7.17. The number of nitrogens with zero attached hydrogens (tertiary/aromatic N) is 5. The number of methoxy groups -OCH3 is 2. The number of carboxylic acid groups (broad SMARTS) is 1. The quantitative estimate of drug-likeness (QED) is 0.103. The van der Waals surface area contributed by atoms with Crippen LogP contribution in [0.4, 0.5) is 23.0 Å². The van der Waals surface area contributed by atoms with Crippen molar-refractivity contribution < 1.29 is 33.8 Å². The minimum absolute atomic E-state index is 0.00723. The van der Waals surface area contributed by atoms with Crippen molar-refractivity contribution in [3.8, 4) is 0 Å². The second-order valence-corrected chi connectivity index (χ2v) is 17.4. The van der Waals surface area contributed by atoms with Crippen molar-refractivity contribution >= 4 is 89.8 Å². The van der Waals surface area contributed by atoms with Gasteiger partial charge in [-0.2, -0.15) is 0 Å². The molecule has 63 heavy (non-hydrogen) atoms. The lowest BCUT2D eigenvalue weighted by Gasteiger charge is -2.42. The Kier molecular flexibility index (Phi) is 15.3. The molecule has 0 radical (unpaired) electrons. The summed E-state index contributed by atoms with van der Waals surface area (Å²) >= 11 is 3.26. The third kappa shape index (κ3) is 11.5. The van der Waals surface area contributed by atoms with Crippen LogP contribution in [0, 0.1) is 25.7 Å². The summed E-state index contributed by atoms with van der Waals surface area (Å²) in [6.07, 6.45) is 4.72. The number of carboxylic acids is 1. The Bertz CT molecular complexity index is 2590. The summed E-state index contributed by atoms with van der Waals surface area (Å²) < 4.78 is 13.6. The number of carbonyl (C=O) groups excluding carboxylic acids is 3. The standard InChI is InChI=1S/C22H25N5O3S.C14H18N2OS.C8H9N3O3/c1-12-6-15(9-24-20(12)23)26-21(28)22(29)27-10-13(2)18(30-3)8-17(27)14-4-5-19-16(7-14)25-11-31-19;1-9-7-15-11(6-13(9)17-2)10-3-4-14-12(5-10)16-8-18-14;1-4-2-5(3-10-6(4)9)11-7(12)8(13)14/h4-7,9,11,13,17-18H,8,10H2,1-3H3,(H2,23,24)(H,26,28);3-5,8-9,11,13,15H,6-7H2,1-2H3;2-3H,1H3,(H2,9,10)(H,11,12)(H,13,14)/t13-,17-,18?;9-,11-,13?;/m00./s1. The number of hydrogen-bond donors (Lipinski definition) is 6. The molecule has 2 unspecified atom stereocenters. The van der Waals surface area contributed by atoms with Crippen LogP contribution in [-0.4, -0.2) is 93.2 Å². The van der Waals surface area contributed by atoms with Crippen LogP contribution < -0.4 is 27.4 Å². The Morgan fingerprint density at radius 2 is 1.27 bits per heavy atom. The Morgan fingerprint density at radius 3 is 1.81 bits per heavy atom. The van der Waals surface area contributed by atoms with Crippen molar-refractivity contribution in [3.63, 3.8) is 0 Å². The number of benzene rings is 2. The number of aryl methyl sites for hydroxylation is 2. The van der Waals surface area contributed by atoms with Crippen LogP contribution in [0.1, 0.15) is 61.0 Å². The molecule has 0 spiro atoms. The molecule has 2 aliphatic rings. The van der Waals surface area contributed by atoms with Gasteiger partial charge in [0.05, 0.1) is 73.5 Å². The van der Waals surface area contributed by atoms with Gasteiger partial charge in [-0.25, -0.2) is 24.7 Å². The van der Waals surface area contributed by atoms with Crippen LogP contribution in [0.5, 0.6) is 0 Å². The molecule has 0 aliphatic carbocycles. The van der Waals surface area contributed by atoms with Crippen molar-refractivity contribution in [1.29, 1.82) is 0 Å². The van der Waals surface area contributed by atoms with Gasteiger partial charge >= 0.3 is 23.7 Å². The first-order chi connectivity index (χ1) is 30.1. The Balaban J connectivity index is 0.000000174. The number of amides is 3. The number of carbonyl (C=O) groups is 4. The summed E-state index contributed by atoms with van der Waals surface area (Å²) in [7, 11) is 3.50. The summed E-state index contributed by atoms with van der Waals surface area (Å²) in [5.74, 6) is -2.52. The summed E-state index contributed by atoms with van der Waals surface area (Å²) in [4.78, 5) is 65.2. The Morgan fingerprint density at radius 1 is 0.746 bits per heavy atom. The first-order valence-corrected chi connectivity index (χ1v) is 22.0. The predicted molar refractivity (Wildman–Crippen MR) is 245 cm³/mol. The number of nitrogens with one attached hydrogen (secondary N) is 3. The van der Waals surface area contributed by atoms with E-state index in [1.807, 2.05) is 37.7 Å². The molecule has 6 aromatic rings. The number of ether oxygens (including phenoxy) is 2. The van der Waals surface area contributed by atoms with E-state index >= 15 is 0 Å². The second kappa shape index (κ2) is 20.8. The zero-order chi connectivity index (χ0) is 45.4. The molecule has 2 aliphatic heterocycles. The van der Waals surface area contributed by atoms with E-state index in [0.717, 1.165) is 39.8 Å². The fourth-order valence-electron chi connectivity index (χ4n) is 7.57. The maximum atomic E-state index is 13.2. The van der Waals surface area contributed by atoms with E-state index in [2.05, 4.69) is 61.0 Å². The first-order valence-electron chi connectivity index (χ1n) is 20.2. The molecule has 332 valence electrons. The van der Waals surface area contributed by atoms with Gasteiger partial charge in [-0.1, -0.05) is 26.0 Å². The molecule has 6 atom stereocenters. The van der Waals surface area contributed by atoms with Crippen LogP contribution in [0.2, 0.25) is 0 Å². The highest BCUT2D eigenvalue weighted by Crippen LogP contribution is 2.37. The van der Waals surface area contributed by atoms with Gasteiger partial charge in [0.2, 0.25) is 0 Å². The van der Waals surface area contributed by atoms with Gasteiger partial charge in [0.1, 0.15) is 11.6 Å². The maximum Gasteiger partial charge on any atom is 0.394 e. The van der Waals surface area contributed by atoms with Crippen LogP contribution >= 0.6 is 22.7 Å². The number of aliphatic carboxylic acids is 1. The summed E-state index contributed by atoms with van der Waals surface area (Å²) in [6, 6.07) is 15.9. The number of anilines is 4. The Hall–Kier alpha value is -6.12. The van der Waals surface area contributed by atoms with Crippen LogP contribution in [0.3, 0.4) is 0 Å². The second-order valence-electron chi connectivity index (χ2n) is 15.6. The lowest BCUT2D eigenvalue weighted by molar-refractivity contribution is -0.149. The molecular formula is C44H52N10O7S2. The number of rotatable bonds is 6. The molecule has 0 saturated carbocycles. The molecule has 6 heterocycles. The van der Waals surface area contributed by atoms with E-state index < -0.39 is 23.7 Å². The molecule has 2 saturated heterocycles. The Labute approximate surface area is 372 Å². The average molecular weight is 897 g/mol. The molecule has 17 nitrogen and oxygen atoms in total. The first kappa shape index (κ1) is 46.4. The topological polar surface area (TPSA) is 250 Å². The number of nitrogen functional groups attached to an aromatic ring is 2. The fraction of sp³-hybridized carbons (Fsp3) is 0.364.